The van der Waals surface area contributed by atoms with Gasteiger partial charge in [-0.25, -0.2) is 4.39 Å². The number of rotatable bonds is 5. The summed E-state index contributed by atoms with van der Waals surface area (Å²) in [5.74, 6) is -0.345. The lowest BCUT2D eigenvalue weighted by Gasteiger charge is -2.27. The van der Waals surface area contributed by atoms with Crippen molar-refractivity contribution < 1.29 is 9.18 Å². The Hall–Kier alpha value is -0.170. The Balaban J connectivity index is 2.94. The average Bonchev–Trinajstić information content (AvgIpc) is 2.28. The van der Waals surface area contributed by atoms with Crippen molar-refractivity contribution in [3.63, 3.8) is 0 Å². The van der Waals surface area contributed by atoms with Crippen molar-refractivity contribution in [2.75, 3.05) is 11.9 Å². The Morgan fingerprint density at radius 1 is 1.50 bits per heavy atom. The SMILES string of the molecule is CC(C)N(CCCBr)C(=O)c1ccc(F)cc1I. The monoisotopic (exact) mass is 427 g/mol. The van der Waals surface area contributed by atoms with Crippen LogP contribution < -0.4 is 0 Å². The molecule has 0 fully saturated rings. The topological polar surface area (TPSA) is 20.3 Å². The van der Waals surface area contributed by atoms with Crippen LogP contribution in [0.25, 0.3) is 0 Å². The van der Waals surface area contributed by atoms with Gasteiger partial charge in [-0.2, -0.15) is 0 Å². The minimum Gasteiger partial charge on any atom is -0.336 e. The molecule has 1 aromatic carbocycles. The second kappa shape index (κ2) is 7.43. The van der Waals surface area contributed by atoms with Gasteiger partial charge in [0.2, 0.25) is 0 Å². The van der Waals surface area contributed by atoms with Crippen molar-refractivity contribution in [1.82, 2.24) is 4.90 Å². The van der Waals surface area contributed by atoms with E-state index in [4.69, 9.17) is 0 Å². The van der Waals surface area contributed by atoms with Gasteiger partial charge in [-0.3, -0.25) is 4.79 Å². The molecule has 0 saturated carbocycles. The third kappa shape index (κ3) is 4.19. The molecule has 0 unspecified atom stereocenters. The van der Waals surface area contributed by atoms with Gasteiger partial charge in [0.05, 0.1) is 5.56 Å². The standard InChI is InChI=1S/C13H16BrFINO/c1-9(2)17(7-3-6-14)13(18)11-5-4-10(15)8-12(11)16/h4-5,8-9H,3,6-7H2,1-2H3. The molecule has 0 spiro atoms. The van der Waals surface area contributed by atoms with Crippen molar-refractivity contribution in [3.8, 4) is 0 Å². The van der Waals surface area contributed by atoms with Crippen LogP contribution in [-0.4, -0.2) is 28.7 Å². The van der Waals surface area contributed by atoms with Crippen molar-refractivity contribution in [3.05, 3.63) is 33.1 Å². The predicted molar refractivity (Wildman–Crippen MR) is 83.7 cm³/mol. The van der Waals surface area contributed by atoms with Crippen LogP contribution in [0.4, 0.5) is 4.39 Å². The van der Waals surface area contributed by atoms with Crippen molar-refractivity contribution in [2.24, 2.45) is 0 Å². The smallest absolute Gasteiger partial charge is 0.255 e. The number of nitrogens with zero attached hydrogens (tertiary/aromatic N) is 1. The fraction of sp³-hybridized carbons (Fsp3) is 0.462. The molecule has 0 aliphatic heterocycles. The third-order valence-corrected chi connectivity index (χ3v) is 4.03. The molecule has 5 heteroatoms. The minimum absolute atomic E-state index is 0.0321. The lowest BCUT2D eigenvalue weighted by Crippen LogP contribution is -2.38. The summed E-state index contributed by atoms with van der Waals surface area (Å²) in [4.78, 5) is 14.2. The zero-order valence-electron chi connectivity index (χ0n) is 10.4. The van der Waals surface area contributed by atoms with Crippen molar-refractivity contribution in [1.29, 1.82) is 0 Å². The lowest BCUT2D eigenvalue weighted by molar-refractivity contribution is 0.0705. The predicted octanol–water partition coefficient (Wildman–Crippen LogP) is 4.07. The van der Waals surface area contributed by atoms with Gasteiger partial charge in [0.1, 0.15) is 5.82 Å². The van der Waals surface area contributed by atoms with E-state index < -0.39 is 0 Å². The van der Waals surface area contributed by atoms with Crippen LogP contribution in [0.15, 0.2) is 18.2 Å². The van der Waals surface area contributed by atoms with E-state index in [2.05, 4.69) is 15.9 Å². The minimum atomic E-state index is -0.312. The Labute approximate surface area is 129 Å². The molecule has 2 nitrogen and oxygen atoms in total. The van der Waals surface area contributed by atoms with E-state index in [1.54, 1.807) is 6.07 Å². The third-order valence-electron chi connectivity index (χ3n) is 2.58. The molecular weight excluding hydrogens is 412 g/mol. The lowest BCUT2D eigenvalue weighted by atomic mass is 10.1. The number of amides is 1. The van der Waals surface area contributed by atoms with Gasteiger partial charge in [-0.15, -0.1) is 0 Å². The van der Waals surface area contributed by atoms with Crippen LogP contribution in [0.2, 0.25) is 0 Å². The summed E-state index contributed by atoms with van der Waals surface area (Å²) in [6.07, 6.45) is 0.904. The molecular formula is C13H16BrFINO. The van der Waals surface area contributed by atoms with Crippen molar-refractivity contribution in [2.45, 2.75) is 26.3 Å². The van der Waals surface area contributed by atoms with E-state index in [1.807, 2.05) is 41.3 Å². The highest BCUT2D eigenvalue weighted by molar-refractivity contribution is 14.1. The largest absolute Gasteiger partial charge is 0.336 e. The Morgan fingerprint density at radius 3 is 2.67 bits per heavy atom. The fourth-order valence-electron chi connectivity index (χ4n) is 1.64. The van der Waals surface area contributed by atoms with Crippen LogP contribution >= 0.6 is 38.5 Å². The van der Waals surface area contributed by atoms with Gasteiger partial charge < -0.3 is 4.90 Å². The number of hydrogen-bond acceptors (Lipinski definition) is 1. The number of hydrogen-bond donors (Lipinski definition) is 0. The van der Waals surface area contributed by atoms with Gasteiger partial charge in [0, 0.05) is 21.5 Å². The summed E-state index contributed by atoms with van der Waals surface area (Å²) in [7, 11) is 0. The first kappa shape index (κ1) is 15.9. The van der Waals surface area contributed by atoms with E-state index in [0.29, 0.717) is 15.7 Å². The van der Waals surface area contributed by atoms with Gasteiger partial charge in [0.15, 0.2) is 0 Å². The molecule has 0 bridgehead atoms. The Bertz CT molecular complexity index is 425. The van der Waals surface area contributed by atoms with E-state index >= 15 is 0 Å². The van der Waals surface area contributed by atoms with Gasteiger partial charge in [-0.05, 0) is 61.1 Å². The van der Waals surface area contributed by atoms with E-state index in [-0.39, 0.29) is 17.8 Å². The Morgan fingerprint density at radius 2 is 2.17 bits per heavy atom. The average molecular weight is 428 g/mol. The molecule has 0 saturated heterocycles. The quantitative estimate of drug-likeness (QED) is 0.512. The molecule has 0 heterocycles. The number of halogens is 3. The van der Waals surface area contributed by atoms with Crippen LogP contribution in [-0.2, 0) is 0 Å². The summed E-state index contributed by atoms with van der Waals surface area (Å²) in [5, 5.41) is 0.865. The summed E-state index contributed by atoms with van der Waals surface area (Å²) >= 11 is 5.37. The highest BCUT2D eigenvalue weighted by Gasteiger charge is 2.20. The number of carbonyl (C=O) groups excluding carboxylic acids is 1. The summed E-state index contributed by atoms with van der Waals surface area (Å²) in [6.45, 7) is 4.68. The molecule has 0 aliphatic rings. The first-order valence-corrected chi connectivity index (χ1v) is 7.99. The van der Waals surface area contributed by atoms with Gasteiger partial charge in [-0.1, -0.05) is 15.9 Å². The van der Waals surface area contributed by atoms with Crippen LogP contribution in [0.5, 0.6) is 0 Å². The molecule has 0 aromatic heterocycles. The molecule has 0 atom stereocenters. The number of carbonyl (C=O) groups is 1. The van der Waals surface area contributed by atoms with E-state index in [9.17, 15) is 9.18 Å². The normalized spacial score (nSPS) is 10.8. The molecule has 0 N–H and O–H groups in total. The summed E-state index contributed by atoms with van der Waals surface area (Å²) < 4.78 is 13.7. The summed E-state index contributed by atoms with van der Waals surface area (Å²) in [6, 6.07) is 4.41. The van der Waals surface area contributed by atoms with Gasteiger partial charge in [0.25, 0.3) is 5.91 Å². The first-order chi connectivity index (χ1) is 8.47. The van der Waals surface area contributed by atoms with Crippen LogP contribution in [0.1, 0.15) is 30.6 Å². The molecule has 0 radical (unpaired) electrons. The van der Waals surface area contributed by atoms with Gasteiger partial charge >= 0.3 is 0 Å². The van der Waals surface area contributed by atoms with E-state index in [0.717, 1.165) is 11.8 Å². The van der Waals surface area contributed by atoms with Crippen molar-refractivity contribution >= 4 is 44.4 Å². The van der Waals surface area contributed by atoms with E-state index in [1.165, 1.54) is 12.1 Å². The molecule has 1 rings (SSSR count). The number of benzene rings is 1. The van der Waals surface area contributed by atoms with Crippen LogP contribution in [0.3, 0.4) is 0 Å². The first-order valence-electron chi connectivity index (χ1n) is 5.79. The molecule has 1 aromatic rings. The molecule has 18 heavy (non-hydrogen) atoms. The molecule has 100 valence electrons. The number of alkyl halides is 1. The fourth-order valence-corrected chi connectivity index (χ4v) is 2.60. The van der Waals surface area contributed by atoms with Crippen LogP contribution in [0, 0.1) is 9.39 Å². The zero-order valence-corrected chi connectivity index (χ0v) is 14.2. The maximum absolute atomic E-state index is 13.0. The molecule has 1 amide bonds. The Kier molecular flexibility index (Phi) is 6.55. The summed E-state index contributed by atoms with van der Waals surface area (Å²) in [5.41, 5.74) is 0.570. The second-order valence-corrected chi connectivity index (χ2v) is 6.21. The maximum atomic E-state index is 13.0. The maximum Gasteiger partial charge on any atom is 0.255 e. The highest BCUT2D eigenvalue weighted by Crippen LogP contribution is 2.17. The second-order valence-electron chi connectivity index (χ2n) is 4.26. The zero-order chi connectivity index (χ0) is 13.7. The molecule has 0 aliphatic carbocycles. The highest BCUT2D eigenvalue weighted by atomic mass is 127.